The molecule has 1 aromatic carbocycles. The lowest BCUT2D eigenvalue weighted by Crippen LogP contribution is -2.36. The van der Waals surface area contributed by atoms with Gasteiger partial charge in [0.1, 0.15) is 0 Å². The largest absolute Gasteiger partial charge is 0.480 e. The molecule has 2 aromatic rings. The molecule has 25 heavy (non-hydrogen) atoms. The van der Waals surface area contributed by atoms with Crippen molar-refractivity contribution in [3.05, 3.63) is 48.3 Å². The highest BCUT2D eigenvalue weighted by molar-refractivity contribution is 5.69. The summed E-state index contributed by atoms with van der Waals surface area (Å²) < 4.78 is 1.91. The Balaban J connectivity index is 1.55. The Hall–Kier alpha value is -2.18. The van der Waals surface area contributed by atoms with Crippen LogP contribution in [0.25, 0.3) is 5.69 Å². The molecular formula is C19H26N4O2. The van der Waals surface area contributed by atoms with Gasteiger partial charge in [0.15, 0.2) is 0 Å². The zero-order chi connectivity index (χ0) is 17.6. The molecule has 0 spiro atoms. The fourth-order valence-electron chi connectivity index (χ4n) is 3.48. The van der Waals surface area contributed by atoms with Crippen molar-refractivity contribution >= 4 is 5.97 Å². The van der Waals surface area contributed by atoms with E-state index in [1.54, 1.807) is 0 Å². The van der Waals surface area contributed by atoms with Crippen molar-refractivity contribution in [2.45, 2.75) is 31.8 Å². The Bertz CT molecular complexity index is 686. The summed E-state index contributed by atoms with van der Waals surface area (Å²) in [5, 5.41) is 13.7. The third kappa shape index (κ3) is 4.90. The van der Waals surface area contributed by atoms with E-state index in [4.69, 9.17) is 5.11 Å². The molecule has 2 heterocycles. The lowest BCUT2D eigenvalue weighted by Gasteiger charge is -2.25. The van der Waals surface area contributed by atoms with Gasteiger partial charge in [-0.1, -0.05) is 18.2 Å². The van der Waals surface area contributed by atoms with Crippen LogP contribution in [0, 0.1) is 0 Å². The average molecular weight is 342 g/mol. The topological polar surface area (TPSA) is 61.6 Å². The van der Waals surface area contributed by atoms with E-state index < -0.39 is 5.97 Å². The number of aliphatic carboxylic acids is 1. The zero-order valence-corrected chi connectivity index (χ0v) is 14.7. The van der Waals surface area contributed by atoms with Crippen molar-refractivity contribution in [3.8, 4) is 5.69 Å². The first-order valence-corrected chi connectivity index (χ1v) is 8.86. The van der Waals surface area contributed by atoms with Gasteiger partial charge in [-0.25, -0.2) is 4.68 Å². The summed E-state index contributed by atoms with van der Waals surface area (Å²) in [6, 6.07) is 12.5. The Morgan fingerprint density at radius 1 is 1.24 bits per heavy atom. The first-order valence-electron chi connectivity index (χ1n) is 8.86. The van der Waals surface area contributed by atoms with Crippen LogP contribution < -0.4 is 0 Å². The molecule has 0 saturated carbocycles. The summed E-state index contributed by atoms with van der Waals surface area (Å²) in [6.45, 7) is 2.98. The molecule has 1 atom stereocenters. The Morgan fingerprint density at radius 3 is 2.80 bits per heavy atom. The van der Waals surface area contributed by atoms with Crippen molar-refractivity contribution in [1.29, 1.82) is 0 Å². The van der Waals surface area contributed by atoms with Crippen molar-refractivity contribution in [2.24, 2.45) is 0 Å². The summed E-state index contributed by atoms with van der Waals surface area (Å²) in [5.74, 6) is -0.755. The van der Waals surface area contributed by atoms with Crippen LogP contribution >= 0.6 is 0 Å². The number of carboxylic acid groups (broad SMARTS) is 1. The second kappa shape index (κ2) is 8.27. The molecule has 3 rings (SSSR count). The summed E-state index contributed by atoms with van der Waals surface area (Å²) in [4.78, 5) is 15.3. The molecule has 0 bridgehead atoms. The number of hydrogen-bond donors (Lipinski definition) is 1. The minimum Gasteiger partial charge on any atom is -0.480 e. The van der Waals surface area contributed by atoms with Crippen LogP contribution in [0.3, 0.4) is 0 Å². The maximum atomic E-state index is 10.9. The molecule has 0 radical (unpaired) electrons. The first kappa shape index (κ1) is 17.6. The highest BCUT2D eigenvalue weighted by Gasteiger charge is 2.22. The molecule has 134 valence electrons. The third-order valence-corrected chi connectivity index (χ3v) is 4.85. The lowest BCUT2D eigenvalue weighted by atomic mass is 10.1. The van der Waals surface area contributed by atoms with Gasteiger partial charge in [0.2, 0.25) is 0 Å². The number of carbonyl (C=O) groups is 1. The van der Waals surface area contributed by atoms with Crippen molar-refractivity contribution in [1.82, 2.24) is 19.6 Å². The van der Waals surface area contributed by atoms with Crippen LogP contribution in [0.15, 0.2) is 42.6 Å². The molecule has 1 unspecified atom stereocenters. The number of nitrogens with zero attached hydrogens (tertiary/aromatic N) is 4. The van der Waals surface area contributed by atoms with E-state index in [9.17, 15) is 4.79 Å². The predicted molar refractivity (Wildman–Crippen MR) is 96.7 cm³/mol. The Labute approximate surface area is 148 Å². The number of para-hydroxylation sites is 1. The molecule has 6 heteroatoms. The van der Waals surface area contributed by atoms with Gasteiger partial charge in [-0.05, 0) is 51.1 Å². The van der Waals surface area contributed by atoms with Gasteiger partial charge in [0.25, 0.3) is 0 Å². The summed E-state index contributed by atoms with van der Waals surface area (Å²) in [6.07, 6.45) is 5.15. The SMILES string of the molecule is CN(CC(=O)O)C1CCCN(Cc2ccn(-c3ccccc3)n2)CC1. The maximum absolute atomic E-state index is 10.9. The normalized spacial score (nSPS) is 19.0. The average Bonchev–Trinajstić information content (AvgIpc) is 2.93. The van der Waals surface area contributed by atoms with Crippen LogP contribution in [-0.4, -0.2) is 63.4 Å². The van der Waals surface area contributed by atoms with Crippen molar-refractivity contribution < 1.29 is 9.90 Å². The number of benzene rings is 1. The fraction of sp³-hybridized carbons (Fsp3) is 0.474. The van der Waals surface area contributed by atoms with Crippen LogP contribution in [0.2, 0.25) is 0 Å². The molecule has 1 N–H and O–H groups in total. The molecule has 0 aliphatic carbocycles. The monoisotopic (exact) mass is 342 g/mol. The highest BCUT2D eigenvalue weighted by Crippen LogP contribution is 2.17. The van der Waals surface area contributed by atoms with Gasteiger partial charge in [-0.3, -0.25) is 14.6 Å². The number of likely N-dealkylation sites (N-methyl/N-ethyl adjacent to an activating group) is 1. The highest BCUT2D eigenvalue weighted by atomic mass is 16.4. The van der Waals surface area contributed by atoms with E-state index in [-0.39, 0.29) is 6.54 Å². The standard InChI is InChI=1S/C19H26N4O2/c1-21(15-19(24)25)17-8-5-11-22(12-10-17)14-16-9-13-23(20-16)18-6-3-2-4-7-18/h2-4,6-7,9,13,17H,5,8,10-12,14-15H2,1H3,(H,24,25). The van der Waals surface area contributed by atoms with Gasteiger partial charge in [-0.2, -0.15) is 5.10 Å². The van der Waals surface area contributed by atoms with Crippen LogP contribution in [-0.2, 0) is 11.3 Å². The van der Waals surface area contributed by atoms with Gasteiger partial charge in [0.05, 0.1) is 17.9 Å². The summed E-state index contributed by atoms with van der Waals surface area (Å²) in [7, 11) is 1.91. The molecular weight excluding hydrogens is 316 g/mol. The predicted octanol–water partition coefficient (Wildman–Crippen LogP) is 2.24. The number of hydrogen-bond acceptors (Lipinski definition) is 4. The van der Waals surface area contributed by atoms with Crippen LogP contribution in [0.1, 0.15) is 25.0 Å². The van der Waals surface area contributed by atoms with E-state index in [1.165, 1.54) is 0 Å². The Kier molecular flexibility index (Phi) is 5.83. The maximum Gasteiger partial charge on any atom is 0.317 e. The van der Waals surface area contributed by atoms with Crippen molar-refractivity contribution in [3.63, 3.8) is 0 Å². The van der Waals surface area contributed by atoms with E-state index in [2.05, 4.69) is 16.1 Å². The third-order valence-electron chi connectivity index (χ3n) is 4.85. The molecule has 0 amide bonds. The Morgan fingerprint density at radius 2 is 2.04 bits per heavy atom. The number of rotatable bonds is 6. The first-order chi connectivity index (χ1) is 12.1. The van der Waals surface area contributed by atoms with Gasteiger partial charge in [0, 0.05) is 25.3 Å². The second-order valence-corrected chi connectivity index (χ2v) is 6.76. The molecule has 1 saturated heterocycles. The van der Waals surface area contributed by atoms with Gasteiger partial charge < -0.3 is 5.11 Å². The quantitative estimate of drug-likeness (QED) is 0.872. The summed E-state index contributed by atoms with van der Waals surface area (Å²) >= 11 is 0. The number of carboxylic acids is 1. The zero-order valence-electron chi connectivity index (χ0n) is 14.7. The molecule has 1 aliphatic rings. The summed E-state index contributed by atoms with van der Waals surface area (Å²) in [5.41, 5.74) is 2.14. The van der Waals surface area contributed by atoms with Crippen LogP contribution in [0.5, 0.6) is 0 Å². The van der Waals surface area contributed by atoms with E-state index in [0.29, 0.717) is 6.04 Å². The van der Waals surface area contributed by atoms with E-state index in [1.807, 2.05) is 53.2 Å². The number of likely N-dealkylation sites (tertiary alicyclic amines) is 1. The second-order valence-electron chi connectivity index (χ2n) is 6.76. The van der Waals surface area contributed by atoms with Gasteiger partial charge >= 0.3 is 5.97 Å². The van der Waals surface area contributed by atoms with Gasteiger partial charge in [-0.15, -0.1) is 0 Å². The van der Waals surface area contributed by atoms with E-state index in [0.717, 1.165) is 50.3 Å². The minimum atomic E-state index is -0.755. The van der Waals surface area contributed by atoms with Crippen LogP contribution in [0.4, 0.5) is 0 Å². The molecule has 1 aromatic heterocycles. The molecule has 1 aliphatic heterocycles. The lowest BCUT2D eigenvalue weighted by molar-refractivity contribution is -0.138. The van der Waals surface area contributed by atoms with E-state index >= 15 is 0 Å². The molecule has 6 nitrogen and oxygen atoms in total. The number of aromatic nitrogens is 2. The fourth-order valence-corrected chi connectivity index (χ4v) is 3.48. The minimum absolute atomic E-state index is 0.117. The molecule has 1 fully saturated rings. The smallest absolute Gasteiger partial charge is 0.317 e. The van der Waals surface area contributed by atoms with Crippen molar-refractivity contribution in [2.75, 3.05) is 26.7 Å².